The van der Waals surface area contributed by atoms with E-state index in [1.165, 1.54) is 19.3 Å². The van der Waals surface area contributed by atoms with Crippen molar-refractivity contribution in [1.82, 2.24) is 4.90 Å². The summed E-state index contributed by atoms with van der Waals surface area (Å²) in [7, 11) is 0. The molecule has 1 amide bonds. The van der Waals surface area contributed by atoms with E-state index in [0.29, 0.717) is 12.0 Å². The highest BCUT2D eigenvalue weighted by Gasteiger charge is 2.43. The normalized spacial score (nSPS) is 31.2. The van der Waals surface area contributed by atoms with Crippen LogP contribution in [0.5, 0.6) is 0 Å². The van der Waals surface area contributed by atoms with Crippen LogP contribution in [0.25, 0.3) is 0 Å². The van der Waals surface area contributed by atoms with Crippen LogP contribution in [0, 0.1) is 18.8 Å². The van der Waals surface area contributed by atoms with Crippen LogP contribution in [0.15, 0.2) is 0 Å². The molecule has 2 saturated heterocycles. The van der Waals surface area contributed by atoms with Crippen molar-refractivity contribution in [3.8, 4) is 12.8 Å². The van der Waals surface area contributed by atoms with Gasteiger partial charge in [-0.1, -0.05) is 19.3 Å². The number of terminal acetylenes is 1. The Morgan fingerprint density at radius 2 is 1.85 bits per heavy atom. The van der Waals surface area contributed by atoms with Gasteiger partial charge in [0.15, 0.2) is 0 Å². The number of likely N-dealkylation sites (tertiary alicyclic amines) is 1. The van der Waals surface area contributed by atoms with Gasteiger partial charge in [0.05, 0.1) is 18.2 Å². The minimum atomic E-state index is -0.273. The minimum Gasteiger partial charge on any atom is -0.376 e. The van der Waals surface area contributed by atoms with Crippen LogP contribution < -0.4 is 5.73 Å². The molecule has 3 aliphatic rings. The number of nitrogens with zero attached hydrogens (tertiary/aromatic N) is 1. The third-order valence-corrected chi connectivity index (χ3v) is 4.96. The molecular formula is C16H26N2O2. The van der Waals surface area contributed by atoms with Crippen molar-refractivity contribution in [2.75, 3.05) is 13.2 Å². The maximum Gasteiger partial charge on any atom is 0.240 e. The van der Waals surface area contributed by atoms with Crippen LogP contribution >= 0.6 is 0 Å². The molecule has 1 saturated carbocycles. The van der Waals surface area contributed by atoms with Crippen molar-refractivity contribution >= 4 is 5.91 Å². The summed E-state index contributed by atoms with van der Waals surface area (Å²) < 4.78 is 5.65. The lowest BCUT2D eigenvalue weighted by atomic mass is 9.83. The smallest absolute Gasteiger partial charge is 0.240 e. The molecule has 2 heterocycles. The van der Waals surface area contributed by atoms with Crippen molar-refractivity contribution in [3.05, 3.63) is 0 Å². The average molecular weight is 278 g/mol. The topological polar surface area (TPSA) is 55.6 Å². The van der Waals surface area contributed by atoms with Gasteiger partial charge in [0, 0.05) is 13.2 Å². The fourth-order valence-electron chi connectivity index (χ4n) is 3.86. The molecule has 4 nitrogen and oxygen atoms in total. The van der Waals surface area contributed by atoms with Gasteiger partial charge >= 0.3 is 0 Å². The van der Waals surface area contributed by atoms with Crippen molar-refractivity contribution in [2.45, 2.75) is 63.1 Å². The lowest BCUT2D eigenvalue weighted by Crippen LogP contribution is -2.50. The largest absolute Gasteiger partial charge is 0.376 e. The van der Waals surface area contributed by atoms with E-state index in [0.717, 1.165) is 38.8 Å². The van der Waals surface area contributed by atoms with Gasteiger partial charge in [-0.2, -0.15) is 0 Å². The molecule has 0 aromatic heterocycles. The second kappa shape index (κ2) is 7.10. The van der Waals surface area contributed by atoms with Crippen molar-refractivity contribution < 1.29 is 9.53 Å². The number of carbonyl (C=O) groups is 1. The zero-order chi connectivity index (χ0) is 14.5. The minimum absolute atomic E-state index is 0.180. The van der Waals surface area contributed by atoms with Crippen molar-refractivity contribution in [3.63, 3.8) is 0 Å². The monoisotopic (exact) mass is 278 g/mol. The first-order valence-corrected chi connectivity index (χ1v) is 7.78. The number of fused-ring (bicyclic) bond motifs is 1. The highest BCUT2D eigenvalue weighted by molar-refractivity contribution is 5.82. The summed E-state index contributed by atoms with van der Waals surface area (Å²) in [6.07, 6.45) is 16.3. The van der Waals surface area contributed by atoms with Gasteiger partial charge in [-0.3, -0.25) is 4.79 Å². The van der Waals surface area contributed by atoms with Gasteiger partial charge in [-0.15, -0.1) is 12.8 Å². The zero-order valence-corrected chi connectivity index (χ0v) is 12.2. The quantitative estimate of drug-likeness (QED) is 0.779. The predicted octanol–water partition coefficient (Wildman–Crippen LogP) is 1.53. The van der Waals surface area contributed by atoms with Crippen LogP contribution in [0.1, 0.15) is 44.9 Å². The molecule has 1 unspecified atom stereocenters. The fraction of sp³-hybridized carbons (Fsp3) is 0.812. The number of amides is 1. The van der Waals surface area contributed by atoms with Gasteiger partial charge < -0.3 is 15.4 Å². The van der Waals surface area contributed by atoms with E-state index in [1.807, 2.05) is 4.90 Å². The van der Waals surface area contributed by atoms with E-state index in [2.05, 4.69) is 12.8 Å². The van der Waals surface area contributed by atoms with Gasteiger partial charge in [0.25, 0.3) is 0 Å². The van der Waals surface area contributed by atoms with Crippen LogP contribution in [-0.4, -0.2) is 42.1 Å². The maximum atomic E-state index is 12.5. The first kappa shape index (κ1) is 15.3. The molecule has 4 heteroatoms. The molecule has 112 valence electrons. The predicted molar refractivity (Wildman–Crippen MR) is 78.9 cm³/mol. The number of hydrogen-bond acceptors (Lipinski definition) is 3. The molecular weight excluding hydrogens is 252 g/mol. The molecule has 1 aliphatic carbocycles. The number of hydrogen-bond donors (Lipinski definition) is 1. The zero-order valence-electron chi connectivity index (χ0n) is 12.2. The fourth-order valence-corrected chi connectivity index (χ4v) is 3.86. The van der Waals surface area contributed by atoms with Crippen LogP contribution in [0.4, 0.5) is 0 Å². The summed E-state index contributed by atoms with van der Waals surface area (Å²) in [4.78, 5) is 14.5. The second-order valence-electron chi connectivity index (χ2n) is 6.01. The summed E-state index contributed by atoms with van der Waals surface area (Å²) in [5, 5.41) is 0. The Bertz CT molecular complexity index is 350. The van der Waals surface area contributed by atoms with E-state index < -0.39 is 0 Å². The summed E-state index contributed by atoms with van der Waals surface area (Å²) in [5.74, 6) is 0.590. The first-order chi connectivity index (χ1) is 9.77. The molecule has 2 N–H and O–H groups in total. The Morgan fingerprint density at radius 1 is 1.15 bits per heavy atom. The Balaban J connectivity index is 0.000000704. The summed E-state index contributed by atoms with van der Waals surface area (Å²) in [5.41, 5.74) is 6.22. The average Bonchev–Trinajstić information content (AvgIpc) is 3.12. The standard InChI is InChI=1S/C14H24N2O2.C2H2/c15-13(10-4-2-1-3-5-10)14(17)16-8-6-12-11(16)7-9-18-12;1-2/h10-13H,1-9,15H2;1-2H/t11-,12-,13?;/m1./s1. The molecule has 0 aromatic rings. The third kappa shape index (κ3) is 2.99. The molecule has 3 fully saturated rings. The van der Waals surface area contributed by atoms with Gasteiger partial charge in [0.2, 0.25) is 5.91 Å². The van der Waals surface area contributed by atoms with Gasteiger partial charge in [0.1, 0.15) is 0 Å². The Kier molecular flexibility index (Phi) is 5.45. The Hall–Kier alpha value is -1.05. The van der Waals surface area contributed by atoms with E-state index in [4.69, 9.17) is 10.5 Å². The van der Waals surface area contributed by atoms with Crippen molar-refractivity contribution in [2.24, 2.45) is 11.7 Å². The highest BCUT2D eigenvalue weighted by Crippen LogP contribution is 2.32. The van der Waals surface area contributed by atoms with Crippen LogP contribution in [0.2, 0.25) is 0 Å². The molecule has 0 bridgehead atoms. The highest BCUT2D eigenvalue weighted by atomic mass is 16.5. The maximum absolute atomic E-state index is 12.5. The molecule has 0 spiro atoms. The summed E-state index contributed by atoms with van der Waals surface area (Å²) >= 11 is 0. The van der Waals surface area contributed by atoms with Crippen LogP contribution in [0.3, 0.4) is 0 Å². The van der Waals surface area contributed by atoms with Gasteiger partial charge in [-0.25, -0.2) is 0 Å². The summed E-state index contributed by atoms with van der Waals surface area (Å²) in [6, 6.07) is 0.0387. The number of carbonyl (C=O) groups excluding carboxylic acids is 1. The second-order valence-corrected chi connectivity index (χ2v) is 6.01. The number of ether oxygens (including phenoxy) is 1. The SMILES string of the molecule is C#C.NC(C(=O)N1CC[C@H]2OCC[C@H]21)C1CCCCC1. The number of rotatable bonds is 2. The lowest BCUT2D eigenvalue weighted by Gasteiger charge is -2.31. The molecule has 3 rings (SSSR count). The molecule has 0 radical (unpaired) electrons. The van der Waals surface area contributed by atoms with E-state index >= 15 is 0 Å². The van der Waals surface area contributed by atoms with Crippen molar-refractivity contribution in [1.29, 1.82) is 0 Å². The third-order valence-electron chi connectivity index (χ3n) is 4.96. The molecule has 2 aliphatic heterocycles. The van der Waals surface area contributed by atoms with Crippen LogP contribution in [-0.2, 0) is 9.53 Å². The first-order valence-electron chi connectivity index (χ1n) is 7.78. The Morgan fingerprint density at radius 3 is 2.55 bits per heavy atom. The summed E-state index contributed by atoms with van der Waals surface area (Å²) in [6.45, 7) is 1.65. The van der Waals surface area contributed by atoms with E-state index in [9.17, 15) is 4.79 Å². The van der Waals surface area contributed by atoms with E-state index in [1.54, 1.807) is 0 Å². The lowest BCUT2D eigenvalue weighted by molar-refractivity contribution is -0.135. The molecule has 0 aromatic carbocycles. The van der Waals surface area contributed by atoms with Gasteiger partial charge in [-0.05, 0) is 31.6 Å². The molecule has 20 heavy (non-hydrogen) atoms. The molecule has 3 atom stereocenters. The Labute approximate surface area is 122 Å². The van der Waals surface area contributed by atoms with E-state index in [-0.39, 0.29) is 18.1 Å². The number of nitrogens with two attached hydrogens (primary N) is 1.